The molecule has 3 nitrogen and oxygen atoms in total. The molecule has 10 heavy (non-hydrogen) atoms. The number of rotatable bonds is 1. The molecule has 0 amide bonds. The Hall–Kier alpha value is 0.0152. The van der Waals surface area contributed by atoms with Crippen LogP contribution in [0.2, 0.25) is 0 Å². The number of nitrogens with zero attached hydrogens (tertiary/aromatic N) is 3. The Balaban J connectivity index is 0. The molecule has 0 radical (unpaired) electrons. The van der Waals surface area contributed by atoms with Crippen LogP contribution >= 0.6 is 0 Å². The van der Waals surface area contributed by atoms with Crippen LogP contribution in [-0.2, 0) is 0 Å². The largest absolute Gasteiger partial charge is 1.00 e. The van der Waals surface area contributed by atoms with Gasteiger partial charge in [-0.05, 0) is 0 Å². The standard InChI is InChI=1S/C6H2N3.Rb/c7-3-1-2-6(4-8)5-9;/h1H2;/q-1;+1. The quantitative estimate of drug-likeness (QED) is 0.353. The van der Waals surface area contributed by atoms with E-state index in [0.717, 1.165) is 0 Å². The molecule has 0 rings (SSSR count). The Labute approximate surface area is 108 Å². The second-order valence-corrected chi connectivity index (χ2v) is 1.11. The zero-order valence-corrected chi connectivity index (χ0v) is 10.5. The first-order valence-electron chi connectivity index (χ1n) is 2.13. The third-order valence-corrected chi connectivity index (χ3v) is 0.568. The number of hydrogen-bond donors (Lipinski definition) is 0. The summed E-state index contributed by atoms with van der Waals surface area (Å²) >= 11 is 0. The van der Waals surface area contributed by atoms with Gasteiger partial charge in [-0.15, -0.1) is 0 Å². The third kappa shape index (κ3) is 6.14. The molecular weight excluding hydrogens is 200 g/mol. The molecule has 0 heterocycles. The molecule has 0 aliphatic heterocycles. The Morgan fingerprint density at radius 2 is 1.70 bits per heavy atom. The first-order valence-corrected chi connectivity index (χ1v) is 2.13. The van der Waals surface area contributed by atoms with Crippen LogP contribution in [-0.4, -0.2) is 0 Å². The van der Waals surface area contributed by atoms with Crippen LogP contribution in [0.25, 0.3) is 0 Å². The maximum absolute atomic E-state index is 8.07. The van der Waals surface area contributed by atoms with Crippen LogP contribution in [0.5, 0.6) is 0 Å². The summed E-state index contributed by atoms with van der Waals surface area (Å²) in [4.78, 5) is 0. The van der Waals surface area contributed by atoms with Crippen molar-refractivity contribution in [3.05, 3.63) is 11.6 Å². The van der Waals surface area contributed by atoms with Gasteiger partial charge in [0.05, 0.1) is 6.07 Å². The van der Waals surface area contributed by atoms with E-state index < -0.39 is 0 Å². The Bertz CT molecular complexity index is 219. The van der Waals surface area contributed by atoms with Gasteiger partial charge in [0.25, 0.3) is 0 Å². The van der Waals surface area contributed by atoms with E-state index in [9.17, 15) is 0 Å². The Morgan fingerprint density at radius 1 is 1.20 bits per heavy atom. The maximum Gasteiger partial charge on any atom is 1.00 e. The molecule has 0 unspecified atom stereocenters. The smallest absolute Gasteiger partial charge is 0.284 e. The second kappa shape index (κ2) is 9.02. The zero-order chi connectivity index (χ0) is 7.11. The van der Waals surface area contributed by atoms with Crippen LogP contribution in [0.15, 0.2) is 5.57 Å². The fraction of sp³-hybridized carbons (Fsp3) is 0.167. The van der Waals surface area contributed by atoms with Gasteiger partial charge in [0.2, 0.25) is 0 Å². The molecule has 0 spiro atoms. The molecule has 0 aliphatic carbocycles. The van der Waals surface area contributed by atoms with Gasteiger partial charge in [0.15, 0.2) is 0 Å². The Kier molecular flexibility index (Phi) is 11.4. The summed E-state index contributed by atoms with van der Waals surface area (Å²) in [7, 11) is 0. The van der Waals surface area contributed by atoms with Gasteiger partial charge in [-0.25, -0.2) is 0 Å². The molecule has 0 aromatic carbocycles. The van der Waals surface area contributed by atoms with Crippen molar-refractivity contribution in [3.8, 4) is 18.2 Å². The van der Waals surface area contributed by atoms with E-state index in [4.69, 9.17) is 15.8 Å². The average Bonchev–Trinajstić information content (AvgIpc) is 1.91. The predicted octanol–water partition coefficient (Wildman–Crippen LogP) is -2.32. The van der Waals surface area contributed by atoms with Crippen molar-refractivity contribution in [3.63, 3.8) is 0 Å². The molecule has 42 valence electrons. The van der Waals surface area contributed by atoms with Crippen LogP contribution in [0, 0.1) is 40.1 Å². The topological polar surface area (TPSA) is 71.4 Å². The van der Waals surface area contributed by atoms with Gasteiger partial charge in [-0.1, -0.05) is 17.7 Å². The normalized spacial score (nSPS) is 5.30. The molecule has 0 atom stereocenters. The van der Waals surface area contributed by atoms with Gasteiger partial charge >= 0.3 is 58.2 Å². The van der Waals surface area contributed by atoms with Gasteiger partial charge in [0, 0.05) is 6.42 Å². The minimum absolute atomic E-state index is 0. The van der Waals surface area contributed by atoms with Crippen molar-refractivity contribution in [1.82, 2.24) is 0 Å². The summed E-state index contributed by atoms with van der Waals surface area (Å²) in [5, 5.41) is 24.1. The monoisotopic (exact) mass is 201 g/mol. The summed E-state index contributed by atoms with van der Waals surface area (Å²) in [6, 6.07) is 4.89. The van der Waals surface area contributed by atoms with E-state index >= 15 is 0 Å². The van der Waals surface area contributed by atoms with Crippen molar-refractivity contribution in [1.29, 1.82) is 15.8 Å². The van der Waals surface area contributed by atoms with E-state index in [-0.39, 0.29) is 70.2 Å². The fourth-order valence-corrected chi connectivity index (χ4v) is 0.232. The molecule has 0 aromatic rings. The fourth-order valence-electron chi connectivity index (χ4n) is 0.232. The molecule has 0 saturated heterocycles. The first kappa shape index (κ1) is 12.7. The number of hydrogen-bond acceptors (Lipinski definition) is 3. The van der Waals surface area contributed by atoms with Gasteiger partial charge in [-0.3, -0.25) is 10.5 Å². The minimum Gasteiger partial charge on any atom is -0.284 e. The van der Waals surface area contributed by atoms with Crippen molar-refractivity contribution in [2.45, 2.75) is 6.42 Å². The second-order valence-electron chi connectivity index (χ2n) is 1.11. The van der Waals surface area contributed by atoms with Gasteiger partial charge < -0.3 is 0 Å². The molecule has 0 bridgehead atoms. The van der Waals surface area contributed by atoms with E-state index in [1.54, 1.807) is 18.2 Å². The first-order chi connectivity index (χ1) is 4.35. The summed E-state index contributed by atoms with van der Waals surface area (Å²) in [5.74, 6) is 0. The zero-order valence-electron chi connectivity index (χ0n) is 5.55. The Morgan fingerprint density at radius 3 is 2.00 bits per heavy atom. The summed E-state index contributed by atoms with van der Waals surface area (Å²) in [6.07, 6.45) is 2.30. The minimum atomic E-state index is -0.128. The van der Waals surface area contributed by atoms with E-state index in [2.05, 4.69) is 6.08 Å². The van der Waals surface area contributed by atoms with Gasteiger partial charge in [0.1, 0.15) is 0 Å². The van der Waals surface area contributed by atoms with Crippen molar-refractivity contribution in [2.75, 3.05) is 0 Å². The maximum atomic E-state index is 8.07. The molecular formula is C6H2N3Rb. The molecule has 0 aromatic heterocycles. The molecule has 0 fully saturated rings. The predicted molar refractivity (Wildman–Crippen MR) is 28.2 cm³/mol. The van der Waals surface area contributed by atoms with Crippen molar-refractivity contribution < 1.29 is 58.2 Å². The van der Waals surface area contributed by atoms with Crippen LogP contribution < -0.4 is 58.2 Å². The van der Waals surface area contributed by atoms with Gasteiger partial charge in [-0.2, -0.15) is 11.3 Å². The van der Waals surface area contributed by atoms with E-state index in [0.29, 0.717) is 0 Å². The van der Waals surface area contributed by atoms with Crippen molar-refractivity contribution >= 4 is 0 Å². The van der Waals surface area contributed by atoms with Crippen LogP contribution in [0.1, 0.15) is 6.42 Å². The van der Waals surface area contributed by atoms with Crippen LogP contribution in [0.3, 0.4) is 0 Å². The summed E-state index contributed by atoms with van der Waals surface area (Å²) in [5.41, 5.74) is -0.128. The molecule has 4 heteroatoms. The third-order valence-electron chi connectivity index (χ3n) is 0.568. The SMILES string of the molecule is N#CC[C-]=C(C#N)C#N.[Rb+]. The molecule has 0 N–H and O–H groups in total. The summed E-state index contributed by atoms with van der Waals surface area (Å²) in [6.45, 7) is 0. The van der Waals surface area contributed by atoms with Crippen LogP contribution in [0.4, 0.5) is 0 Å². The average molecular weight is 202 g/mol. The van der Waals surface area contributed by atoms with Crippen molar-refractivity contribution in [2.24, 2.45) is 0 Å². The molecule has 0 saturated carbocycles. The number of allylic oxidation sites excluding steroid dienone is 2. The van der Waals surface area contributed by atoms with E-state index in [1.165, 1.54) is 0 Å². The summed E-state index contributed by atoms with van der Waals surface area (Å²) < 4.78 is 0. The number of nitriles is 3. The molecule has 0 aliphatic rings. The van der Waals surface area contributed by atoms with E-state index in [1.807, 2.05) is 0 Å².